The summed E-state index contributed by atoms with van der Waals surface area (Å²) in [6.45, 7) is 14.6. The number of unbranched alkanes of at least 4 members (excludes halogenated alkanes) is 1. The maximum atomic E-state index is 4.56. The summed E-state index contributed by atoms with van der Waals surface area (Å²) in [5.41, 5.74) is 1.43. The zero-order chi connectivity index (χ0) is 25.2. The number of nitrogens with zero attached hydrogens (tertiary/aromatic N) is 6. The molecule has 1 N–H and O–H groups in total. The summed E-state index contributed by atoms with van der Waals surface area (Å²) in [4.78, 5) is 20.1. The number of hydrogen-bond acceptors (Lipinski definition) is 5. The van der Waals surface area contributed by atoms with Crippen LogP contribution >= 0.6 is 0 Å². The van der Waals surface area contributed by atoms with Crippen LogP contribution in [0.2, 0.25) is 0 Å². The highest BCUT2D eigenvalue weighted by Gasteiger charge is 2.28. The Bertz CT molecular complexity index is 939. The van der Waals surface area contributed by atoms with Gasteiger partial charge >= 0.3 is 0 Å². The summed E-state index contributed by atoms with van der Waals surface area (Å²) in [6.07, 6.45) is 21.5. The molecule has 7 nitrogen and oxygen atoms in total. The first kappa shape index (κ1) is 26.8. The molecule has 4 rings (SSSR count). The van der Waals surface area contributed by atoms with Crippen LogP contribution in [-0.4, -0.2) is 80.0 Å². The molecule has 2 aromatic rings. The van der Waals surface area contributed by atoms with Crippen molar-refractivity contribution in [3.63, 3.8) is 0 Å². The number of imidazole rings is 2. The average molecular weight is 494 g/mol. The highest BCUT2D eigenvalue weighted by molar-refractivity contribution is 5.28. The van der Waals surface area contributed by atoms with E-state index in [9.17, 15) is 0 Å². The minimum Gasteiger partial charge on any atom is -0.348 e. The lowest BCUT2D eigenvalue weighted by Gasteiger charge is -2.38. The van der Waals surface area contributed by atoms with E-state index in [1.54, 1.807) is 0 Å². The van der Waals surface area contributed by atoms with Gasteiger partial charge in [-0.2, -0.15) is 0 Å². The van der Waals surface area contributed by atoms with E-state index >= 15 is 0 Å². The Labute approximate surface area is 218 Å². The topological polar surface area (TPSA) is 56.2 Å². The van der Waals surface area contributed by atoms with Gasteiger partial charge in [0.2, 0.25) is 0 Å². The molecule has 0 spiro atoms. The summed E-state index contributed by atoms with van der Waals surface area (Å²) < 4.78 is 2.11. The highest BCUT2D eigenvalue weighted by atomic mass is 15.2. The molecule has 0 bridgehead atoms. The summed E-state index contributed by atoms with van der Waals surface area (Å²) >= 11 is 0. The van der Waals surface area contributed by atoms with Crippen LogP contribution in [0.25, 0.3) is 0 Å². The molecule has 2 aliphatic rings. The number of allylic oxidation sites excluding steroid dienone is 1. The molecule has 0 saturated carbocycles. The van der Waals surface area contributed by atoms with Gasteiger partial charge in [-0.05, 0) is 82.2 Å². The van der Waals surface area contributed by atoms with E-state index in [4.69, 9.17) is 0 Å². The van der Waals surface area contributed by atoms with Gasteiger partial charge in [-0.15, -0.1) is 0 Å². The van der Waals surface area contributed by atoms with Gasteiger partial charge < -0.3 is 19.4 Å². The predicted molar refractivity (Wildman–Crippen MR) is 147 cm³/mol. The Hall–Kier alpha value is -2.22. The fourth-order valence-corrected chi connectivity index (χ4v) is 5.78. The number of likely N-dealkylation sites (tertiary alicyclic amines) is 1. The molecule has 2 aromatic heterocycles. The quantitative estimate of drug-likeness (QED) is 0.371. The van der Waals surface area contributed by atoms with E-state index < -0.39 is 0 Å². The van der Waals surface area contributed by atoms with Gasteiger partial charge in [0.1, 0.15) is 11.6 Å². The smallest absolute Gasteiger partial charge is 0.122 e. The van der Waals surface area contributed by atoms with Crippen molar-refractivity contribution < 1.29 is 0 Å². The van der Waals surface area contributed by atoms with Gasteiger partial charge in [-0.3, -0.25) is 4.90 Å². The largest absolute Gasteiger partial charge is 0.348 e. The van der Waals surface area contributed by atoms with Crippen molar-refractivity contribution in [2.45, 2.75) is 59.0 Å². The lowest BCUT2D eigenvalue weighted by Crippen LogP contribution is -2.41. The van der Waals surface area contributed by atoms with Crippen LogP contribution in [0.15, 0.2) is 48.6 Å². The van der Waals surface area contributed by atoms with Crippen LogP contribution in [0.1, 0.15) is 57.6 Å². The number of aryl methyl sites for hydroxylation is 1. The van der Waals surface area contributed by atoms with Crippen molar-refractivity contribution in [1.82, 2.24) is 34.2 Å². The number of piperidine rings is 1. The number of hydrogen-bond donors (Lipinski definition) is 1. The van der Waals surface area contributed by atoms with Crippen LogP contribution in [0.4, 0.5) is 0 Å². The first-order valence-corrected chi connectivity index (χ1v) is 14.1. The number of aromatic amines is 1. The van der Waals surface area contributed by atoms with Gasteiger partial charge in [-0.25, -0.2) is 9.97 Å². The predicted octanol–water partition coefficient (Wildman–Crippen LogP) is 4.48. The third-order valence-electron chi connectivity index (χ3n) is 7.68. The molecular formula is C29H47N7. The third-order valence-corrected chi connectivity index (χ3v) is 7.68. The van der Waals surface area contributed by atoms with Crippen molar-refractivity contribution >= 4 is 0 Å². The van der Waals surface area contributed by atoms with Crippen molar-refractivity contribution in [2.75, 3.05) is 45.8 Å². The van der Waals surface area contributed by atoms with E-state index in [0.29, 0.717) is 11.8 Å². The molecule has 3 heterocycles. The fourth-order valence-electron chi connectivity index (χ4n) is 5.78. The first-order valence-electron chi connectivity index (χ1n) is 14.1. The van der Waals surface area contributed by atoms with E-state index in [2.05, 4.69) is 73.3 Å². The van der Waals surface area contributed by atoms with Crippen LogP contribution in [0.5, 0.6) is 0 Å². The fraction of sp³-hybridized carbons (Fsp3) is 0.655. The normalized spacial score (nSPS) is 20.3. The van der Waals surface area contributed by atoms with Crippen molar-refractivity contribution in [3.05, 3.63) is 60.2 Å². The van der Waals surface area contributed by atoms with Gasteiger partial charge in [-0.1, -0.05) is 32.1 Å². The lowest BCUT2D eigenvalue weighted by molar-refractivity contribution is 0.158. The Kier molecular flexibility index (Phi) is 10.4. The van der Waals surface area contributed by atoms with Crippen LogP contribution in [0, 0.1) is 11.8 Å². The zero-order valence-corrected chi connectivity index (χ0v) is 22.8. The maximum absolute atomic E-state index is 4.56. The molecule has 0 amide bonds. The highest BCUT2D eigenvalue weighted by Crippen LogP contribution is 2.31. The second-order valence-electron chi connectivity index (χ2n) is 10.7. The van der Waals surface area contributed by atoms with Crippen molar-refractivity contribution in [2.24, 2.45) is 18.9 Å². The molecule has 36 heavy (non-hydrogen) atoms. The molecule has 2 atom stereocenters. The molecular weight excluding hydrogens is 446 g/mol. The Balaban J connectivity index is 1.25. The van der Waals surface area contributed by atoms with E-state index in [0.717, 1.165) is 31.3 Å². The second-order valence-corrected chi connectivity index (χ2v) is 10.7. The Morgan fingerprint density at radius 1 is 0.972 bits per heavy atom. The third kappa shape index (κ3) is 7.89. The molecule has 1 saturated heterocycles. The molecule has 7 heteroatoms. The summed E-state index contributed by atoms with van der Waals surface area (Å²) in [7, 11) is 2.07. The summed E-state index contributed by atoms with van der Waals surface area (Å²) in [5.74, 6) is 3.42. The minimum absolute atomic E-state index is 0.659. The molecule has 1 fully saturated rings. The molecule has 1 aliphatic carbocycles. The van der Waals surface area contributed by atoms with E-state index in [-0.39, 0.29) is 0 Å². The second kappa shape index (κ2) is 13.9. The van der Waals surface area contributed by atoms with Crippen LogP contribution in [0.3, 0.4) is 0 Å². The number of aromatic nitrogens is 4. The molecule has 0 aromatic carbocycles. The van der Waals surface area contributed by atoms with Crippen molar-refractivity contribution in [1.29, 1.82) is 0 Å². The molecule has 2 unspecified atom stereocenters. The van der Waals surface area contributed by atoms with Gasteiger partial charge in [0, 0.05) is 44.9 Å². The summed E-state index contributed by atoms with van der Waals surface area (Å²) in [6, 6.07) is 0. The minimum atomic E-state index is 0.659. The number of fused-ring (bicyclic) bond motifs is 1. The van der Waals surface area contributed by atoms with E-state index in [1.807, 2.05) is 24.8 Å². The maximum Gasteiger partial charge on any atom is 0.122 e. The number of rotatable bonds is 15. The van der Waals surface area contributed by atoms with Gasteiger partial charge in [0.25, 0.3) is 0 Å². The molecule has 0 radical (unpaired) electrons. The SMILES string of the molecule is CCCN(CCC)CCCCN1CCC2C=C(CN(Cc3ncc[nH]3)Cc3nccn3C)C=CC2C1. The average Bonchev–Trinajstić information content (AvgIpc) is 3.54. The Morgan fingerprint density at radius 2 is 1.83 bits per heavy atom. The lowest BCUT2D eigenvalue weighted by atomic mass is 9.80. The zero-order valence-electron chi connectivity index (χ0n) is 22.8. The van der Waals surface area contributed by atoms with Crippen molar-refractivity contribution in [3.8, 4) is 0 Å². The number of H-pyrrole nitrogens is 1. The van der Waals surface area contributed by atoms with Crippen LogP contribution in [-0.2, 0) is 20.1 Å². The van der Waals surface area contributed by atoms with Gasteiger partial charge in [0.05, 0.1) is 13.1 Å². The van der Waals surface area contributed by atoms with Gasteiger partial charge in [0.15, 0.2) is 0 Å². The van der Waals surface area contributed by atoms with Crippen LogP contribution < -0.4 is 0 Å². The standard InChI is InChI=1S/C29H47N7/c1-4-14-34(15-5-2)16-6-7-17-35-18-10-26-20-25(8-9-27(26)22-35)21-36(23-28-30-11-12-31-28)24-29-32-13-19-33(29)3/h8-9,11-13,19-20,26-27H,4-7,10,14-18,21-24H2,1-3H3,(H,30,31). The Morgan fingerprint density at radius 3 is 2.56 bits per heavy atom. The molecule has 1 aliphatic heterocycles. The summed E-state index contributed by atoms with van der Waals surface area (Å²) in [5, 5.41) is 0. The van der Waals surface area contributed by atoms with E-state index in [1.165, 1.54) is 76.9 Å². The monoisotopic (exact) mass is 493 g/mol. The number of nitrogens with one attached hydrogen (secondary N) is 1. The molecule has 198 valence electrons. The first-order chi connectivity index (χ1) is 17.6.